The van der Waals surface area contributed by atoms with Crippen LogP contribution in [0, 0.1) is 0 Å². The van der Waals surface area contributed by atoms with Crippen LogP contribution in [0.2, 0.25) is 0 Å². The van der Waals surface area contributed by atoms with Gasteiger partial charge >= 0.3 is 19.5 Å². The first kappa shape index (κ1) is 8.25. The van der Waals surface area contributed by atoms with Crippen molar-refractivity contribution >= 4 is 15.9 Å². The predicted molar refractivity (Wildman–Crippen MR) is 31.9 cm³/mol. The minimum absolute atomic E-state index is 0. The van der Waals surface area contributed by atoms with Crippen molar-refractivity contribution in [3.05, 3.63) is 29.0 Å². The van der Waals surface area contributed by atoms with Crippen molar-refractivity contribution < 1.29 is 19.5 Å². The molecular weight excluding hydrogens is 255 g/mol. The molecule has 0 saturated heterocycles. The fourth-order valence-corrected chi connectivity index (χ4v) is 0.613. The van der Waals surface area contributed by atoms with E-state index in [9.17, 15) is 0 Å². The fraction of sp³-hybridized carbons (Fsp3) is 0. The Hall–Kier alpha value is 0.253. The topological polar surface area (TPSA) is 12.9 Å². The molecule has 1 rings (SSSR count). The van der Waals surface area contributed by atoms with E-state index in [0.717, 1.165) is 4.47 Å². The first-order chi connectivity index (χ1) is 3.39. The number of hydrogen-bond donors (Lipinski definition) is 0. The maximum Gasteiger partial charge on any atom is 2.00 e. The number of hydrogen-bond acceptors (Lipinski definition) is 1. The smallest absolute Gasteiger partial charge is 0.264 e. The van der Waals surface area contributed by atoms with E-state index in [-0.39, 0.29) is 19.5 Å². The van der Waals surface area contributed by atoms with Gasteiger partial charge in [-0.05, 0) is 28.1 Å². The molecule has 8 heavy (non-hydrogen) atoms. The summed E-state index contributed by atoms with van der Waals surface area (Å²) in [6.07, 6.45) is 3.49. The SMILES string of the molecule is Brc1cccnc1.[Ru+2]. The zero-order valence-electron chi connectivity index (χ0n) is 3.99. The summed E-state index contributed by atoms with van der Waals surface area (Å²) in [5.41, 5.74) is 0. The molecule has 3 heteroatoms. The Morgan fingerprint density at radius 1 is 1.50 bits per heavy atom. The molecule has 0 aromatic carbocycles. The molecule has 0 spiro atoms. The van der Waals surface area contributed by atoms with Crippen LogP contribution in [0.4, 0.5) is 0 Å². The van der Waals surface area contributed by atoms with Gasteiger partial charge in [0.05, 0.1) is 0 Å². The first-order valence-corrected chi connectivity index (χ1v) is 2.74. The van der Waals surface area contributed by atoms with Crippen molar-refractivity contribution in [2.24, 2.45) is 0 Å². The molecule has 1 aromatic rings. The summed E-state index contributed by atoms with van der Waals surface area (Å²) in [6.45, 7) is 0. The van der Waals surface area contributed by atoms with Gasteiger partial charge in [0, 0.05) is 16.9 Å². The van der Waals surface area contributed by atoms with Crippen molar-refractivity contribution in [3.8, 4) is 0 Å². The quantitative estimate of drug-likeness (QED) is 0.648. The van der Waals surface area contributed by atoms with E-state index in [1.165, 1.54) is 0 Å². The van der Waals surface area contributed by atoms with Gasteiger partial charge in [-0.2, -0.15) is 0 Å². The molecule has 0 N–H and O–H groups in total. The van der Waals surface area contributed by atoms with Gasteiger partial charge in [-0.3, -0.25) is 4.98 Å². The average Bonchev–Trinajstić information content (AvgIpc) is 1.69. The van der Waals surface area contributed by atoms with E-state index < -0.39 is 0 Å². The summed E-state index contributed by atoms with van der Waals surface area (Å²) in [4.78, 5) is 3.84. The van der Waals surface area contributed by atoms with E-state index in [1.807, 2.05) is 12.1 Å². The number of aromatic nitrogens is 1. The van der Waals surface area contributed by atoms with Crippen LogP contribution >= 0.6 is 15.9 Å². The normalized spacial score (nSPS) is 7.62. The molecule has 42 valence electrons. The molecule has 0 unspecified atom stereocenters. The first-order valence-electron chi connectivity index (χ1n) is 1.95. The van der Waals surface area contributed by atoms with Crippen molar-refractivity contribution in [1.29, 1.82) is 0 Å². The van der Waals surface area contributed by atoms with Crippen LogP contribution in [-0.2, 0) is 19.5 Å². The van der Waals surface area contributed by atoms with Crippen molar-refractivity contribution in [2.75, 3.05) is 0 Å². The van der Waals surface area contributed by atoms with Crippen LogP contribution in [0.3, 0.4) is 0 Å². The Bertz CT molecular complexity index is 142. The number of rotatable bonds is 0. The van der Waals surface area contributed by atoms with Crippen molar-refractivity contribution in [2.45, 2.75) is 0 Å². The van der Waals surface area contributed by atoms with Gasteiger partial charge in [0.25, 0.3) is 0 Å². The molecule has 0 atom stereocenters. The Morgan fingerprint density at radius 2 is 2.25 bits per heavy atom. The van der Waals surface area contributed by atoms with Crippen LogP contribution in [0.5, 0.6) is 0 Å². The van der Waals surface area contributed by atoms with Crippen molar-refractivity contribution in [1.82, 2.24) is 4.98 Å². The minimum atomic E-state index is 0. The van der Waals surface area contributed by atoms with Gasteiger partial charge in [-0.15, -0.1) is 0 Å². The molecule has 0 aliphatic rings. The minimum Gasteiger partial charge on any atom is -0.264 e. The third-order valence-electron chi connectivity index (χ3n) is 0.625. The number of pyridine rings is 1. The van der Waals surface area contributed by atoms with Crippen LogP contribution in [0.15, 0.2) is 29.0 Å². The van der Waals surface area contributed by atoms with E-state index in [1.54, 1.807) is 12.4 Å². The molecule has 0 amide bonds. The summed E-state index contributed by atoms with van der Waals surface area (Å²) in [6, 6.07) is 3.82. The zero-order valence-corrected chi connectivity index (χ0v) is 7.31. The Kier molecular flexibility index (Phi) is 4.30. The third kappa shape index (κ3) is 2.53. The second kappa shape index (κ2) is 4.16. The van der Waals surface area contributed by atoms with E-state index >= 15 is 0 Å². The van der Waals surface area contributed by atoms with Crippen LogP contribution < -0.4 is 0 Å². The fourth-order valence-electron chi connectivity index (χ4n) is 0.342. The molecule has 1 nitrogen and oxygen atoms in total. The Morgan fingerprint density at radius 3 is 2.50 bits per heavy atom. The largest absolute Gasteiger partial charge is 2.00 e. The van der Waals surface area contributed by atoms with Crippen LogP contribution in [0.25, 0.3) is 0 Å². The van der Waals surface area contributed by atoms with E-state index in [0.29, 0.717) is 0 Å². The Balaban J connectivity index is 0.000000490. The predicted octanol–water partition coefficient (Wildman–Crippen LogP) is 1.84. The maximum atomic E-state index is 3.84. The van der Waals surface area contributed by atoms with E-state index in [2.05, 4.69) is 20.9 Å². The monoisotopic (exact) mass is 259 g/mol. The Labute approximate surface area is 69.4 Å². The second-order valence-corrected chi connectivity index (χ2v) is 2.09. The standard InChI is InChI=1S/C5H4BrN.Ru/c6-5-2-1-3-7-4-5;/h1-4H;/q;+2. The van der Waals surface area contributed by atoms with Crippen molar-refractivity contribution in [3.63, 3.8) is 0 Å². The summed E-state index contributed by atoms with van der Waals surface area (Å²) in [5, 5.41) is 0. The number of nitrogens with zero attached hydrogens (tertiary/aromatic N) is 1. The molecule has 1 aromatic heterocycles. The molecule has 0 radical (unpaired) electrons. The third-order valence-corrected chi connectivity index (χ3v) is 1.09. The molecule has 0 fully saturated rings. The summed E-state index contributed by atoms with van der Waals surface area (Å²) in [5.74, 6) is 0. The number of halogens is 1. The van der Waals surface area contributed by atoms with Gasteiger partial charge in [-0.1, -0.05) is 0 Å². The second-order valence-electron chi connectivity index (χ2n) is 1.17. The molecule has 0 aliphatic heterocycles. The van der Waals surface area contributed by atoms with Gasteiger partial charge in [-0.25, -0.2) is 0 Å². The van der Waals surface area contributed by atoms with Gasteiger partial charge < -0.3 is 0 Å². The summed E-state index contributed by atoms with van der Waals surface area (Å²) >= 11 is 3.25. The van der Waals surface area contributed by atoms with Gasteiger partial charge in [0.1, 0.15) is 0 Å². The van der Waals surface area contributed by atoms with Gasteiger partial charge in [0.2, 0.25) is 0 Å². The molecule has 0 bridgehead atoms. The summed E-state index contributed by atoms with van der Waals surface area (Å²) < 4.78 is 1.02. The molecule has 0 aliphatic carbocycles. The summed E-state index contributed by atoms with van der Waals surface area (Å²) in [7, 11) is 0. The molecular formula is C5H4BrNRu+2. The van der Waals surface area contributed by atoms with E-state index in [4.69, 9.17) is 0 Å². The van der Waals surface area contributed by atoms with Crippen LogP contribution in [0.1, 0.15) is 0 Å². The average molecular weight is 259 g/mol. The molecule has 1 heterocycles. The van der Waals surface area contributed by atoms with Crippen LogP contribution in [-0.4, -0.2) is 4.98 Å². The zero-order chi connectivity index (χ0) is 5.11. The molecule has 0 saturated carbocycles. The van der Waals surface area contributed by atoms with Gasteiger partial charge in [0.15, 0.2) is 0 Å². The maximum absolute atomic E-state index is 3.84.